The molecule has 148 valence electrons. The maximum absolute atomic E-state index is 12.4. The summed E-state index contributed by atoms with van der Waals surface area (Å²) >= 11 is 7.41. The van der Waals surface area contributed by atoms with Crippen LogP contribution in [0.1, 0.15) is 27.0 Å². The van der Waals surface area contributed by atoms with E-state index in [1.54, 1.807) is 41.8 Å². The van der Waals surface area contributed by atoms with Crippen LogP contribution < -0.4 is 10.6 Å². The van der Waals surface area contributed by atoms with Gasteiger partial charge in [-0.1, -0.05) is 35.9 Å². The summed E-state index contributed by atoms with van der Waals surface area (Å²) in [7, 11) is 0. The zero-order chi connectivity index (χ0) is 20.8. The molecule has 8 heteroatoms. The predicted molar refractivity (Wildman–Crippen MR) is 114 cm³/mol. The van der Waals surface area contributed by atoms with Crippen LogP contribution in [0.15, 0.2) is 66.0 Å². The fraction of sp³-hybridized carbons (Fsp3) is 0.0952. The Bertz CT molecular complexity index is 1020. The molecular formula is C21H17ClN2O4S. The SMILES string of the molecule is CC(OC(=O)c1ccc(Cl)c(NC(=O)c2cccs2)c1)C(=O)Nc1ccccc1. The molecule has 2 amide bonds. The first-order chi connectivity index (χ1) is 13.9. The van der Waals surface area contributed by atoms with E-state index in [1.807, 2.05) is 6.07 Å². The van der Waals surface area contributed by atoms with E-state index in [4.69, 9.17) is 16.3 Å². The molecule has 1 heterocycles. The highest BCUT2D eigenvalue weighted by Gasteiger charge is 2.20. The third-order valence-corrected chi connectivity index (χ3v) is 5.09. The Morgan fingerprint density at radius 3 is 2.45 bits per heavy atom. The Balaban J connectivity index is 1.65. The Morgan fingerprint density at radius 2 is 1.76 bits per heavy atom. The summed E-state index contributed by atoms with van der Waals surface area (Å²) in [6, 6.07) is 16.7. The minimum Gasteiger partial charge on any atom is -0.449 e. The second-order valence-electron chi connectivity index (χ2n) is 6.03. The molecule has 1 aromatic heterocycles. The van der Waals surface area contributed by atoms with E-state index >= 15 is 0 Å². The molecule has 0 aliphatic rings. The topological polar surface area (TPSA) is 84.5 Å². The van der Waals surface area contributed by atoms with Gasteiger partial charge in [-0.3, -0.25) is 9.59 Å². The van der Waals surface area contributed by atoms with Crippen LogP contribution in [0.5, 0.6) is 0 Å². The molecule has 0 aliphatic carbocycles. The van der Waals surface area contributed by atoms with Crippen molar-refractivity contribution in [3.8, 4) is 0 Å². The van der Waals surface area contributed by atoms with Crippen molar-refractivity contribution in [3.05, 3.63) is 81.5 Å². The van der Waals surface area contributed by atoms with Gasteiger partial charge in [0.1, 0.15) is 0 Å². The number of nitrogens with one attached hydrogen (secondary N) is 2. The molecule has 29 heavy (non-hydrogen) atoms. The minimum absolute atomic E-state index is 0.162. The Morgan fingerprint density at radius 1 is 1.00 bits per heavy atom. The third-order valence-electron chi connectivity index (χ3n) is 3.89. The lowest BCUT2D eigenvalue weighted by molar-refractivity contribution is -0.123. The standard InChI is InChI=1S/C21H17ClN2O4S/c1-13(19(25)23-15-6-3-2-4-7-15)28-21(27)14-9-10-16(22)17(12-14)24-20(26)18-8-5-11-29-18/h2-13H,1H3,(H,23,25)(H,24,26). The molecule has 0 aliphatic heterocycles. The highest BCUT2D eigenvalue weighted by molar-refractivity contribution is 7.12. The maximum Gasteiger partial charge on any atom is 0.338 e. The number of rotatable bonds is 6. The second-order valence-corrected chi connectivity index (χ2v) is 7.38. The van der Waals surface area contributed by atoms with Gasteiger partial charge in [0.15, 0.2) is 6.10 Å². The average molecular weight is 429 g/mol. The first-order valence-corrected chi connectivity index (χ1v) is 9.91. The van der Waals surface area contributed by atoms with Gasteiger partial charge >= 0.3 is 5.97 Å². The van der Waals surface area contributed by atoms with Gasteiger partial charge in [0.2, 0.25) is 0 Å². The molecule has 0 saturated carbocycles. The molecule has 0 fully saturated rings. The molecule has 1 atom stereocenters. The summed E-state index contributed by atoms with van der Waals surface area (Å²) in [5.41, 5.74) is 1.04. The van der Waals surface area contributed by atoms with Gasteiger partial charge in [0.25, 0.3) is 11.8 Å². The van der Waals surface area contributed by atoms with Crippen LogP contribution in [0.25, 0.3) is 0 Å². The summed E-state index contributed by atoms with van der Waals surface area (Å²) in [5.74, 6) is -1.49. The van der Waals surface area contributed by atoms with Crippen molar-refractivity contribution in [2.75, 3.05) is 10.6 Å². The van der Waals surface area contributed by atoms with Gasteiger partial charge in [-0.15, -0.1) is 11.3 Å². The predicted octanol–water partition coefficient (Wildman–Crippen LogP) is 4.84. The number of para-hydroxylation sites is 1. The van der Waals surface area contributed by atoms with Crippen molar-refractivity contribution in [1.82, 2.24) is 0 Å². The van der Waals surface area contributed by atoms with E-state index in [-0.39, 0.29) is 22.2 Å². The van der Waals surface area contributed by atoms with Crippen molar-refractivity contribution in [1.29, 1.82) is 0 Å². The molecule has 3 aromatic rings. The Hall–Kier alpha value is -3.16. The number of hydrogen-bond acceptors (Lipinski definition) is 5. The fourth-order valence-corrected chi connectivity index (χ4v) is 3.17. The van der Waals surface area contributed by atoms with Crippen LogP contribution in [-0.4, -0.2) is 23.9 Å². The zero-order valence-corrected chi connectivity index (χ0v) is 16.9. The molecule has 2 aromatic carbocycles. The van der Waals surface area contributed by atoms with Crippen molar-refractivity contribution >= 4 is 52.1 Å². The zero-order valence-electron chi connectivity index (χ0n) is 15.3. The van der Waals surface area contributed by atoms with Crippen LogP contribution >= 0.6 is 22.9 Å². The molecule has 6 nitrogen and oxygen atoms in total. The summed E-state index contributed by atoms with van der Waals surface area (Å²) in [6.45, 7) is 1.48. The Kier molecular flexibility index (Phi) is 6.64. The number of thiophene rings is 1. The summed E-state index contributed by atoms with van der Waals surface area (Å²) < 4.78 is 5.24. The smallest absolute Gasteiger partial charge is 0.338 e. The van der Waals surface area contributed by atoms with E-state index < -0.39 is 18.0 Å². The molecule has 2 N–H and O–H groups in total. The van der Waals surface area contributed by atoms with Crippen LogP contribution in [0.2, 0.25) is 5.02 Å². The molecule has 0 saturated heterocycles. The largest absolute Gasteiger partial charge is 0.449 e. The number of halogens is 1. The minimum atomic E-state index is -1.01. The van der Waals surface area contributed by atoms with Gasteiger partial charge in [0.05, 0.1) is 21.2 Å². The lowest BCUT2D eigenvalue weighted by atomic mass is 10.2. The van der Waals surface area contributed by atoms with E-state index in [0.717, 1.165) is 0 Å². The molecule has 0 radical (unpaired) electrons. The molecule has 0 bridgehead atoms. The average Bonchev–Trinajstić information content (AvgIpc) is 3.25. The lowest BCUT2D eigenvalue weighted by Gasteiger charge is -2.14. The number of benzene rings is 2. The number of carbonyl (C=O) groups excluding carboxylic acids is 3. The van der Waals surface area contributed by atoms with Gasteiger partial charge in [0, 0.05) is 5.69 Å². The highest BCUT2D eigenvalue weighted by atomic mass is 35.5. The maximum atomic E-state index is 12.4. The monoisotopic (exact) mass is 428 g/mol. The van der Waals surface area contributed by atoms with Crippen LogP contribution in [0.3, 0.4) is 0 Å². The number of hydrogen-bond donors (Lipinski definition) is 2. The van der Waals surface area contributed by atoms with Gasteiger partial charge < -0.3 is 15.4 Å². The number of esters is 1. The second kappa shape index (κ2) is 9.36. The third kappa shape index (κ3) is 5.43. The van der Waals surface area contributed by atoms with Crippen molar-refractivity contribution in [2.45, 2.75) is 13.0 Å². The quantitative estimate of drug-likeness (QED) is 0.550. The number of carbonyl (C=O) groups is 3. The van der Waals surface area contributed by atoms with E-state index in [2.05, 4.69) is 10.6 Å². The van der Waals surface area contributed by atoms with E-state index in [0.29, 0.717) is 10.6 Å². The van der Waals surface area contributed by atoms with Crippen LogP contribution in [0, 0.1) is 0 Å². The lowest BCUT2D eigenvalue weighted by Crippen LogP contribution is -2.30. The first-order valence-electron chi connectivity index (χ1n) is 8.65. The molecule has 1 unspecified atom stereocenters. The summed E-state index contributed by atoms with van der Waals surface area (Å²) in [6.07, 6.45) is -1.01. The van der Waals surface area contributed by atoms with Crippen LogP contribution in [0.4, 0.5) is 11.4 Å². The van der Waals surface area contributed by atoms with E-state index in [9.17, 15) is 14.4 Å². The first kappa shape index (κ1) is 20.6. The van der Waals surface area contributed by atoms with Crippen molar-refractivity contribution < 1.29 is 19.1 Å². The summed E-state index contributed by atoms with van der Waals surface area (Å²) in [5, 5.41) is 7.40. The number of anilines is 2. The summed E-state index contributed by atoms with van der Waals surface area (Å²) in [4.78, 5) is 37.4. The number of amides is 2. The Labute approximate surface area is 176 Å². The highest BCUT2D eigenvalue weighted by Crippen LogP contribution is 2.25. The van der Waals surface area contributed by atoms with Crippen LogP contribution in [-0.2, 0) is 9.53 Å². The fourth-order valence-electron chi connectivity index (χ4n) is 2.39. The van der Waals surface area contributed by atoms with Crippen molar-refractivity contribution in [3.63, 3.8) is 0 Å². The van der Waals surface area contributed by atoms with Gasteiger partial charge in [-0.2, -0.15) is 0 Å². The normalized spacial score (nSPS) is 11.4. The van der Waals surface area contributed by atoms with Crippen molar-refractivity contribution in [2.24, 2.45) is 0 Å². The molecule has 3 rings (SSSR count). The molecule has 0 spiro atoms. The van der Waals surface area contributed by atoms with Gasteiger partial charge in [-0.05, 0) is 48.7 Å². The van der Waals surface area contributed by atoms with E-state index in [1.165, 1.54) is 36.5 Å². The number of ether oxygens (including phenoxy) is 1. The molecular weight excluding hydrogens is 412 g/mol. The van der Waals surface area contributed by atoms with Gasteiger partial charge in [-0.25, -0.2) is 4.79 Å².